The second kappa shape index (κ2) is 9.68. The minimum atomic E-state index is -2.27. The number of aliphatic hydroxyl groups excluding tert-OH is 2. The van der Waals surface area contributed by atoms with Crippen LogP contribution in [0.25, 0.3) is 10.9 Å². The van der Waals surface area contributed by atoms with Gasteiger partial charge in [0.2, 0.25) is 5.91 Å². The fourth-order valence-electron chi connectivity index (χ4n) is 4.97. The van der Waals surface area contributed by atoms with Crippen molar-refractivity contribution in [2.75, 3.05) is 13.1 Å². The first-order valence-electron chi connectivity index (χ1n) is 10.6. The highest BCUT2D eigenvalue weighted by atomic mass is 16.4. The summed E-state index contributed by atoms with van der Waals surface area (Å²) < 4.78 is 0. The highest BCUT2D eigenvalue weighted by molar-refractivity contribution is 5.88. The van der Waals surface area contributed by atoms with E-state index >= 15 is 0 Å². The number of carbonyl (C=O) groups is 3. The number of aliphatic carboxylic acids is 2. The van der Waals surface area contributed by atoms with Gasteiger partial charge in [0.25, 0.3) is 0 Å². The Labute approximate surface area is 184 Å². The van der Waals surface area contributed by atoms with Crippen LogP contribution in [0, 0.1) is 5.92 Å². The Hall–Kier alpha value is -2.95. The summed E-state index contributed by atoms with van der Waals surface area (Å²) in [7, 11) is 0. The summed E-state index contributed by atoms with van der Waals surface area (Å²) >= 11 is 0. The Morgan fingerprint density at radius 2 is 1.84 bits per heavy atom. The molecule has 0 radical (unpaired) electrons. The van der Waals surface area contributed by atoms with Crippen LogP contribution in [0.3, 0.4) is 0 Å². The topological polar surface area (TPSA) is 177 Å². The zero-order chi connectivity index (χ0) is 23.6. The highest BCUT2D eigenvalue weighted by Gasteiger charge is 2.40. The highest BCUT2D eigenvalue weighted by Crippen LogP contribution is 2.45. The largest absolute Gasteiger partial charge is 0.479 e. The first-order valence-corrected chi connectivity index (χ1v) is 10.6. The van der Waals surface area contributed by atoms with Gasteiger partial charge in [0.15, 0.2) is 12.2 Å². The number of nitrogens with two attached hydrogens (primary N) is 1. The first kappa shape index (κ1) is 23.7. The molecule has 0 saturated carbocycles. The number of nitrogens with zero attached hydrogens (tertiary/aromatic N) is 1. The molecule has 1 fully saturated rings. The molecule has 2 aromatic rings. The van der Waals surface area contributed by atoms with Gasteiger partial charge in [-0.25, -0.2) is 9.59 Å². The molecule has 2 aliphatic rings. The third-order valence-corrected chi connectivity index (χ3v) is 6.36. The molecule has 1 aromatic carbocycles. The molecule has 1 aliphatic heterocycles. The lowest BCUT2D eigenvalue weighted by molar-refractivity contribution is -0.165. The van der Waals surface area contributed by atoms with Crippen LogP contribution in [-0.2, 0) is 20.8 Å². The predicted octanol–water partition coefficient (Wildman–Crippen LogP) is 0.271. The summed E-state index contributed by atoms with van der Waals surface area (Å²) in [6.45, 7) is 4.25. The minimum Gasteiger partial charge on any atom is -0.479 e. The maximum Gasteiger partial charge on any atom is 0.335 e. The molecule has 10 heteroatoms. The molecule has 1 aliphatic carbocycles. The normalized spacial score (nSPS) is 24.0. The Kier molecular flexibility index (Phi) is 7.17. The SMILES string of the molecule is CCN1C[C@H](CC(N)=O)C[C@@H]2c3cccc4[nH]cc(c34)C[C@H]21.O=C(O)[C@H](O)[C@@H](O)C(=O)O. The van der Waals surface area contributed by atoms with Gasteiger partial charge in [0.1, 0.15) is 0 Å². The molecule has 0 bridgehead atoms. The lowest BCUT2D eigenvalue weighted by Crippen LogP contribution is -2.50. The fraction of sp³-hybridized carbons (Fsp3) is 0.500. The predicted molar refractivity (Wildman–Crippen MR) is 115 cm³/mol. The van der Waals surface area contributed by atoms with Gasteiger partial charge in [-0.05, 0) is 42.5 Å². The molecule has 174 valence electrons. The van der Waals surface area contributed by atoms with Crippen LogP contribution in [0.2, 0.25) is 0 Å². The van der Waals surface area contributed by atoms with Crippen LogP contribution in [0.15, 0.2) is 24.4 Å². The second-order valence-corrected chi connectivity index (χ2v) is 8.39. The molecule has 5 atom stereocenters. The van der Waals surface area contributed by atoms with Crippen molar-refractivity contribution in [3.8, 4) is 0 Å². The van der Waals surface area contributed by atoms with Crippen molar-refractivity contribution in [2.24, 2.45) is 11.7 Å². The van der Waals surface area contributed by atoms with E-state index in [4.69, 9.17) is 26.2 Å². The number of carboxylic acids is 2. The maximum absolute atomic E-state index is 11.4. The number of rotatable bonds is 6. The number of likely N-dealkylation sites (N-methyl/N-ethyl adjacent to an activating group) is 1. The number of fused-ring (bicyclic) bond motifs is 2. The standard InChI is InChI=1S/C18H23N3O.C4H6O6/c1-2-21-10-11(7-17(19)22)6-14-13-4-3-5-15-18(13)12(9-20-15)8-16(14)21;5-1(3(7)8)2(6)4(9)10/h3-5,9,11,14,16,20H,2,6-8,10H2,1H3,(H2,19,22);1-2,5-6H,(H,7,8)(H,9,10)/t11-,14+,16+;1-,2-/m01/s1. The average Bonchev–Trinajstić information content (AvgIpc) is 3.16. The van der Waals surface area contributed by atoms with Crippen LogP contribution in [-0.4, -0.2) is 79.5 Å². The van der Waals surface area contributed by atoms with E-state index in [1.807, 2.05) is 0 Å². The van der Waals surface area contributed by atoms with Crippen LogP contribution in [0.5, 0.6) is 0 Å². The van der Waals surface area contributed by atoms with E-state index in [2.05, 4.69) is 41.2 Å². The number of hydrogen-bond donors (Lipinski definition) is 6. The van der Waals surface area contributed by atoms with Crippen molar-refractivity contribution in [3.63, 3.8) is 0 Å². The van der Waals surface area contributed by atoms with Crippen molar-refractivity contribution < 1.29 is 34.8 Å². The third kappa shape index (κ3) is 4.77. The van der Waals surface area contributed by atoms with E-state index in [1.165, 1.54) is 22.0 Å². The Morgan fingerprint density at radius 3 is 2.41 bits per heavy atom. The molecule has 1 saturated heterocycles. The zero-order valence-corrected chi connectivity index (χ0v) is 17.8. The smallest absolute Gasteiger partial charge is 0.335 e. The van der Waals surface area contributed by atoms with E-state index < -0.39 is 24.1 Å². The van der Waals surface area contributed by atoms with Crippen LogP contribution >= 0.6 is 0 Å². The fourth-order valence-corrected chi connectivity index (χ4v) is 4.97. The minimum absolute atomic E-state index is 0.171. The molecule has 2 heterocycles. The summed E-state index contributed by atoms with van der Waals surface area (Å²) in [5, 5.41) is 33.9. The number of carbonyl (C=O) groups excluding carboxylic acids is 1. The van der Waals surface area contributed by atoms with E-state index in [-0.39, 0.29) is 5.91 Å². The maximum atomic E-state index is 11.4. The van der Waals surface area contributed by atoms with Gasteiger partial charge in [0, 0.05) is 42.0 Å². The monoisotopic (exact) mass is 447 g/mol. The quantitative estimate of drug-likeness (QED) is 0.365. The van der Waals surface area contributed by atoms with Gasteiger partial charge in [-0.1, -0.05) is 19.1 Å². The summed E-state index contributed by atoms with van der Waals surface area (Å²) in [4.78, 5) is 36.9. The van der Waals surface area contributed by atoms with Crippen LogP contribution < -0.4 is 5.73 Å². The number of nitrogens with one attached hydrogen (secondary N) is 1. The van der Waals surface area contributed by atoms with Gasteiger partial charge in [-0.15, -0.1) is 0 Å². The van der Waals surface area contributed by atoms with E-state index in [9.17, 15) is 14.4 Å². The van der Waals surface area contributed by atoms with E-state index in [0.717, 1.165) is 25.9 Å². The molecule has 1 aromatic heterocycles. The van der Waals surface area contributed by atoms with Gasteiger partial charge >= 0.3 is 11.9 Å². The van der Waals surface area contributed by atoms with Crippen molar-refractivity contribution in [2.45, 2.75) is 50.4 Å². The Morgan fingerprint density at radius 1 is 1.19 bits per heavy atom. The van der Waals surface area contributed by atoms with Crippen molar-refractivity contribution in [1.82, 2.24) is 9.88 Å². The Bertz CT molecular complexity index is 987. The van der Waals surface area contributed by atoms with Crippen LogP contribution in [0.4, 0.5) is 0 Å². The number of carboxylic acid groups (broad SMARTS) is 2. The number of aromatic nitrogens is 1. The van der Waals surface area contributed by atoms with E-state index in [0.29, 0.717) is 24.3 Å². The number of H-pyrrole nitrogens is 1. The lowest BCUT2D eigenvalue weighted by atomic mass is 9.71. The molecule has 4 rings (SSSR count). The summed E-state index contributed by atoms with van der Waals surface area (Å²) in [6.07, 6.45) is 0.339. The van der Waals surface area contributed by atoms with E-state index in [1.54, 1.807) is 0 Å². The molecule has 10 nitrogen and oxygen atoms in total. The average molecular weight is 447 g/mol. The zero-order valence-electron chi connectivity index (χ0n) is 17.8. The number of likely N-dealkylation sites (tertiary alicyclic amines) is 1. The summed E-state index contributed by atoms with van der Waals surface area (Å²) in [5.74, 6) is -2.81. The number of primary amides is 1. The first-order chi connectivity index (χ1) is 15.1. The van der Waals surface area contributed by atoms with Gasteiger partial charge < -0.3 is 31.1 Å². The van der Waals surface area contributed by atoms with Crippen molar-refractivity contribution in [3.05, 3.63) is 35.5 Å². The third-order valence-electron chi connectivity index (χ3n) is 6.36. The van der Waals surface area contributed by atoms with Gasteiger partial charge in [0.05, 0.1) is 0 Å². The number of benzene rings is 1. The molecule has 0 unspecified atom stereocenters. The molecular formula is C22H29N3O7. The van der Waals surface area contributed by atoms with Crippen molar-refractivity contribution in [1.29, 1.82) is 0 Å². The van der Waals surface area contributed by atoms with Crippen LogP contribution in [0.1, 0.15) is 36.8 Å². The molecule has 0 spiro atoms. The number of aromatic amines is 1. The van der Waals surface area contributed by atoms with Crippen molar-refractivity contribution >= 4 is 28.7 Å². The molecule has 32 heavy (non-hydrogen) atoms. The second-order valence-electron chi connectivity index (χ2n) is 8.39. The molecule has 7 N–H and O–H groups in total. The molecule has 1 amide bonds. The molecular weight excluding hydrogens is 418 g/mol. The number of amides is 1. The summed E-state index contributed by atoms with van der Waals surface area (Å²) in [6, 6.07) is 7.14. The lowest BCUT2D eigenvalue weighted by Gasteiger charge is -2.46. The van der Waals surface area contributed by atoms with Gasteiger partial charge in [-0.3, -0.25) is 9.69 Å². The van der Waals surface area contributed by atoms with Gasteiger partial charge in [-0.2, -0.15) is 0 Å². The summed E-state index contributed by atoms with van der Waals surface area (Å²) in [5.41, 5.74) is 9.59. The Balaban J connectivity index is 0.000000247. The number of hydrogen-bond acceptors (Lipinski definition) is 6. The number of aliphatic hydroxyl groups is 2. The number of piperidine rings is 1.